The van der Waals surface area contributed by atoms with Crippen LogP contribution in [0.3, 0.4) is 0 Å². The summed E-state index contributed by atoms with van der Waals surface area (Å²) in [5, 5.41) is 0.612. The number of phosphoric ester groups is 1. The molecule has 2 rings (SSSR count). The zero-order valence-electron chi connectivity index (χ0n) is 18.5. The summed E-state index contributed by atoms with van der Waals surface area (Å²) in [6.45, 7) is 8.42. The third kappa shape index (κ3) is 6.67. The van der Waals surface area contributed by atoms with Crippen LogP contribution in [0.15, 0.2) is 18.2 Å². The topological polar surface area (TPSA) is 115 Å². The lowest BCUT2D eigenvalue weighted by atomic mass is 9.93. The highest BCUT2D eigenvalue weighted by Gasteiger charge is 2.26. The first-order valence-electron chi connectivity index (χ1n) is 10.4. The summed E-state index contributed by atoms with van der Waals surface area (Å²) in [7, 11) is -4.52. The standard InChI is InChI=1S/C22H32ClN2O5P/c1-5-7-14(2)12-19-21(17-9-8-15(3)18(23)13-17)20(22(24)26)16(4)25(19)10-6-11-30-31(27,28)29/h8-9,13-14H,5-7,10-12H2,1-4H3,(H2,24,26)(H2,27,28,29). The van der Waals surface area contributed by atoms with Crippen molar-refractivity contribution in [3.05, 3.63) is 45.7 Å². The Morgan fingerprint density at radius 1 is 1.32 bits per heavy atom. The van der Waals surface area contributed by atoms with Gasteiger partial charge in [0.2, 0.25) is 0 Å². The lowest BCUT2D eigenvalue weighted by Gasteiger charge is -2.17. The van der Waals surface area contributed by atoms with Crippen molar-refractivity contribution in [1.29, 1.82) is 0 Å². The number of hydrogen-bond acceptors (Lipinski definition) is 3. The van der Waals surface area contributed by atoms with Gasteiger partial charge in [0.25, 0.3) is 5.91 Å². The molecule has 0 aliphatic heterocycles. The van der Waals surface area contributed by atoms with E-state index in [-0.39, 0.29) is 6.61 Å². The van der Waals surface area contributed by atoms with Crippen LogP contribution in [0, 0.1) is 19.8 Å². The molecule has 1 heterocycles. The fourth-order valence-corrected chi connectivity index (χ4v) is 4.55. The summed E-state index contributed by atoms with van der Waals surface area (Å²) in [5.41, 5.74) is 10.5. The first-order chi connectivity index (χ1) is 14.5. The molecule has 1 aromatic carbocycles. The molecule has 0 spiro atoms. The summed E-state index contributed by atoms with van der Waals surface area (Å²) < 4.78 is 17.6. The van der Waals surface area contributed by atoms with Crippen LogP contribution in [0.1, 0.15) is 60.4 Å². The second-order valence-electron chi connectivity index (χ2n) is 8.04. The fourth-order valence-electron chi connectivity index (χ4n) is 4.00. The van der Waals surface area contributed by atoms with E-state index in [0.717, 1.165) is 47.3 Å². The fraction of sp³-hybridized carbons (Fsp3) is 0.500. The molecule has 7 nitrogen and oxygen atoms in total. The minimum absolute atomic E-state index is 0.0938. The molecule has 0 aliphatic rings. The van der Waals surface area contributed by atoms with Gasteiger partial charge in [-0.25, -0.2) is 4.57 Å². The minimum Gasteiger partial charge on any atom is -0.366 e. The van der Waals surface area contributed by atoms with Crippen molar-refractivity contribution in [2.24, 2.45) is 11.7 Å². The number of amides is 1. The van der Waals surface area contributed by atoms with Crippen LogP contribution >= 0.6 is 19.4 Å². The van der Waals surface area contributed by atoms with Crippen molar-refractivity contribution >= 4 is 25.3 Å². The average Bonchev–Trinajstić information content (AvgIpc) is 2.92. The lowest BCUT2D eigenvalue weighted by molar-refractivity contribution is 0.1000. The third-order valence-corrected chi connectivity index (χ3v) is 6.37. The first kappa shape index (κ1) is 25.6. The van der Waals surface area contributed by atoms with Gasteiger partial charge in [-0.3, -0.25) is 9.32 Å². The molecule has 0 saturated heterocycles. The van der Waals surface area contributed by atoms with Gasteiger partial charge in [0.15, 0.2) is 0 Å². The number of benzene rings is 1. The van der Waals surface area contributed by atoms with E-state index in [9.17, 15) is 9.36 Å². The molecule has 1 amide bonds. The number of aryl methyl sites for hydroxylation is 1. The predicted octanol–water partition coefficient (Wildman–Crippen LogP) is 5.00. The van der Waals surface area contributed by atoms with Gasteiger partial charge in [-0.2, -0.15) is 0 Å². The molecule has 0 aliphatic carbocycles. The highest BCUT2D eigenvalue weighted by Crippen LogP contribution is 2.38. The lowest BCUT2D eigenvalue weighted by Crippen LogP contribution is -2.14. The molecule has 1 atom stereocenters. The number of carbonyl (C=O) groups excluding carboxylic acids is 1. The van der Waals surface area contributed by atoms with Gasteiger partial charge in [-0.1, -0.05) is 50.4 Å². The van der Waals surface area contributed by atoms with Crippen LogP contribution in [0.5, 0.6) is 0 Å². The molecule has 2 aromatic rings. The van der Waals surface area contributed by atoms with Crippen molar-refractivity contribution in [2.75, 3.05) is 6.61 Å². The van der Waals surface area contributed by atoms with E-state index in [0.29, 0.717) is 29.5 Å². The summed E-state index contributed by atoms with van der Waals surface area (Å²) in [6.07, 6.45) is 3.20. The molecule has 0 fully saturated rings. The number of carbonyl (C=O) groups is 1. The van der Waals surface area contributed by atoms with Crippen LogP contribution in [-0.4, -0.2) is 26.9 Å². The Hall–Kier alpha value is -1.63. The maximum absolute atomic E-state index is 12.5. The van der Waals surface area contributed by atoms with Gasteiger partial charge >= 0.3 is 7.82 Å². The highest BCUT2D eigenvalue weighted by molar-refractivity contribution is 7.46. The molecule has 172 valence electrons. The zero-order valence-corrected chi connectivity index (χ0v) is 20.2. The van der Waals surface area contributed by atoms with Gasteiger partial charge < -0.3 is 20.1 Å². The minimum atomic E-state index is -4.52. The van der Waals surface area contributed by atoms with E-state index < -0.39 is 13.7 Å². The Morgan fingerprint density at radius 2 is 2.00 bits per heavy atom. The summed E-state index contributed by atoms with van der Waals surface area (Å²) in [4.78, 5) is 30.3. The van der Waals surface area contributed by atoms with Crippen LogP contribution in [0.25, 0.3) is 11.1 Å². The second-order valence-corrected chi connectivity index (χ2v) is 9.68. The Morgan fingerprint density at radius 3 is 2.55 bits per heavy atom. The van der Waals surface area contributed by atoms with E-state index >= 15 is 0 Å². The van der Waals surface area contributed by atoms with E-state index in [2.05, 4.69) is 18.4 Å². The largest absolute Gasteiger partial charge is 0.469 e. The number of halogens is 1. The number of aromatic nitrogens is 1. The van der Waals surface area contributed by atoms with Crippen molar-refractivity contribution in [1.82, 2.24) is 4.57 Å². The Labute approximate surface area is 188 Å². The van der Waals surface area contributed by atoms with Crippen molar-refractivity contribution in [3.8, 4) is 11.1 Å². The van der Waals surface area contributed by atoms with Gasteiger partial charge in [0, 0.05) is 28.5 Å². The van der Waals surface area contributed by atoms with Gasteiger partial charge in [-0.05, 0) is 49.8 Å². The van der Waals surface area contributed by atoms with Gasteiger partial charge in [-0.15, -0.1) is 0 Å². The Balaban J connectivity index is 2.58. The molecule has 1 unspecified atom stereocenters. The van der Waals surface area contributed by atoms with Crippen molar-refractivity contribution in [3.63, 3.8) is 0 Å². The first-order valence-corrected chi connectivity index (χ1v) is 12.3. The zero-order chi connectivity index (χ0) is 23.3. The van der Waals surface area contributed by atoms with Gasteiger partial charge in [0.1, 0.15) is 0 Å². The number of hydrogen-bond donors (Lipinski definition) is 3. The molecule has 1 aromatic heterocycles. The van der Waals surface area contributed by atoms with Crippen LogP contribution in [-0.2, 0) is 22.1 Å². The Kier molecular flexibility index (Phi) is 8.92. The van der Waals surface area contributed by atoms with Crippen molar-refractivity contribution < 1.29 is 23.7 Å². The van der Waals surface area contributed by atoms with Crippen LogP contribution in [0.2, 0.25) is 5.02 Å². The molecular weight excluding hydrogens is 439 g/mol. The summed E-state index contributed by atoms with van der Waals surface area (Å²) >= 11 is 6.38. The van der Waals surface area contributed by atoms with E-state index in [1.807, 2.05) is 36.6 Å². The Bertz CT molecular complexity index is 983. The number of primary amides is 1. The molecule has 9 heteroatoms. The molecule has 31 heavy (non-hydrogen) atoms. The van der Waals surface area contributed by atoms with Crippen molar-refractivity contribution in [2.45, 2.75) is 59.9 Å². The van der Waals surface area contributed by atoms with Crippen LogP contribution in [0.4, 0.5) is 0 Å². The average molecular weight is 471 g/mol. The maximum Gasteiger partial charge on any atom is 0.469 e. The monoisotopic (exact) mass is 470 g/mol. The van der Waals surface area contributed by atoms with E-state index in [4.69, 9.17) is 27.1 Å². The SMILES string of the molecule is CCCC(C)Cc1c(-c2ccc(C)c(Cl)c2)c(C(N)=O)c(C)n1CCCOP(=O)(O)O. The quantitative estimate of drug-likeness (QED) is 0.315. The number of phosphoric acid groups is 1. The van der Waals surface area contributed by atoms with E-state index in [1.165, 1.54) is 0 Å². The highest BCUT2D eigenvalue weighted by atomic mass is 35.5. The van der Waals surface area contributed by atoms with Crippen LogP contribution < -0.4 is 5.73 Å². The molecule has 4 N–H and O–H groups in total. The van der Waals surface area contributed by atoms with E-state index in [1.54, 1.807) is 0 Å². The second kappa shape index (κ2) is 10.8. The summed E-state index contributed by atoms with van der Waals surface area (Å²) in [5.74, 6) is -0.136. The number of nitrogens with zero attached hydrogens (tertiary/aromatic N) is 1. The summed E-state index contributed by atoms with van der Waals surface area (Å²) in [6, 6.07) is 5.72. The third-order valence-electron chi connectivity index (χ3n) is 5.45. The van der Waals surface area contributed by atoms with Gasteiger partial charge in [0.05, 0.1) is 12.2 Å². The number of rotatable bonds is 11. The molecule has 0 radical (unpaired) electrons. The number of nitrogens with two attached hydrogens (primary N) is 1. The molecular formula is C22H32ClN2O5P. The normalized spacial score (nSPS) is 12.9. The predicted molar refractivity (Wildman–Crippen MR) is 123 cm³/mol. The smallest absolute Gasteiger partial charge is 0.366 e. The molecule has 0 saturated carbocycles. The molecule has 0 bridgehead atoms. The maximum atomic E-state index is 12.5.